The van der Waals surface area contributed by atoms with Crippen molar-refractivity contribution in [1.29, 1.82) is 0 Å². The third-order valence-corrected chi connectivity index (χ3v) is 4.39. The second-order valence-corrected chi connectivity index (χ2v) is 5.85. The molecule has 0 spiro atoms. The van der Waals surface area contributed by atoms with Crippen molar-refractivity contribution in [3.05, 3.63) is 52.3 Å². The zero-order valence-corrected chi connectivity index (χ0v) is 14.6. The summed E-state index contributed by atoms with van der Waals surface area (Å²) in [6, 6.07) is 7.86. The van der Waals surface area contributed by atoms with Gasteiger partial charge in [-0.25, -0.2) is 0 Å². The molecular formula is C19H23NO3. The molecule has 0 saturated heterocycles. The quantitative estimate of drug-likeness (QED) is 0.780. The molecule has 1 aromatic heterocycles. The number of hydrogen-bond acceptors (Lipinski definition) is 3. The fraction of sp³-hybridized carbons (Fsp3) is 0.368. The van der Waals surface area contributed by atoms with E-state index >= 15 is 0 Å². The van der Waals surface area contributed by atoms with Crippen LogP contribution in [-0.4, -0.2) is 23.2 Å². The highest BCUT2D eigenvalue weighted by Crippen LogP contribution is 2.30. The van der Waals surface area contributed by atoms with Gasteiger partial charge in [-0.1, -0.05) is 12.1 Å². The molecular weight excluding hydrogens is 290 g/mol. The van der Waals surface area contributed by atoms with Crippen LogP contribution in [-0.2, 0) is 0 Å². The zero-order valence-electron chi connectivity index (χ0n) is 14.6. The van der Waals surface area contributed by atoms with Gasteiger partial charge in [0.05, 0.1) is 13.2 Å². The Morgan fingerprint density at radius 2 is 1.39 bits per heavy atom. The molecule has 0 aliphatic heterocycles. The highest BCUT2D eigenvalue weighted by molar-refractivity contribution is 6.09. The molecule has 0 aliphatic carbocycles. The van der Waals surface area contributed by atoms with Gasteiger partial charge in [0, 0.05) is 22.5 Å². The number of carbonyl (C=O) groups excluding carboxylic acids is 2. The molecule has 4 nitrogen and oxygen atoms in total. The molecule has 0 N–H and O–H groups in total. The molecule has 0 aliphatic rings. The minimum absolute atomic E-state index is 0.0205. The van der Waals surface area contributed by atoms with Gasteiger partial charge >= 0.3 is 0 Å². The molecule has 0 radical (unpaired) electrons. The van der Waals surface area contributed by atoms with Crippen molar-refractivity contribution in [1.82, 2.24) is 4.57 Å². The Morgan fingerprint density at radius 1 is 0.957 bits per heavy atom. The van der Waals surface area contributed by atoms with Crippen molar-refractivity contribution < 1.29 is 14.3 Å². The molecule has 1 atom stereocenters. The lowest BCUT2D eigenvalue weighted by Gasteiger charge is -2.19. The maximum Gasteiger partial charge on any atom is 0.162 e. The molecule has 23 heavy (non-hydrogen) atoms. The fourth-order valence-electron chi connectivity index (χ4n) is 3.33. The normalized spacial score (nSPS) is 12.1. The molecule has 122 valence electrons. The summed E-state index contributed by atoms with van der Waals surface area (Å²) in [6.45, 7) is 8.88. The van der Waals surface area contributed by atoms with Gasteiger partial charge in [0.2, 0.25) is 0 Å². The minimum Gasteiger partial charge on any atom is -0.497 e. The maximum absolute atomic E-state index is 12.0. The van der Waals surface area contributed by atoms with E-state index in [-0.39, 0.29) is 17.6 Å². The number of Topliss-reactive ketones (excluding diaryl/α,β-unsaturated/α-hetero) is 2. The Hall–Kier alpha value is -2.36. The summed E-state index contributed by atoms with van der Waals surface area (Å²) in [6.07, 6.45) is 0. The third kappa shape index (κ3) is 2.93. The second kappa shape index (κ2) is 6.41. The Bertz CT molecular complexity index is 716. The Kier molecular flexibility index (Phi) is 4.73. The topological polar surface area (TPSA) is 48.3 Å². The molecule has 0 saturated carbocycles. The molecule has 1 heterocycles. The van der Waals surface area contributed by atoms with Crippen LogP contribution in [0.1, 0.15) is 64.5 Å². The predicted molar refractivity (Wildman–Crippen MR) is 90.7 cm³/mol. The van der Waals surface area contributed by atoms with E-state index in [1.165, 1.54) is 13.8 Å². The number of benzene rings is 1. The highest BCUT2D eigenvalue weighted by atomic mass is 16.5. The van der Waals surface area contributed by atoms with Crippen LogP contribution in [0.4, 0.5) is 0 Å². The number of carbonyl (C=O) groups is 2. The molecule has 0 fully saturated rings. The summed E-state index contributed by atoms with van der Waals surface area (Å²) in [5, 5.41) is 0. The molecule has 4 heteroatoms. The fourth-order valence-corrected chi connectivity index (χ4v) is 3.33. The molecule has 1 aromatic carbocycles. The Morgan fingerprint density at radius 3 is 1.74 bits per heavy atom. The van der Waals surface area contributed by atoms with Crippen molar-refractivity contribution >= 4 is 11.6 Å². The smallest absolute Gasteiger partial charge is 0.162 e. The third-order valence-electron chi connectivity index (χ3n) is 4.39. The molecule has 0 bridgehead atoms. The largest absolute Gasteiger partial charge is 0.497 e. The lowest BCUT2D eigenvalue weighted by Crippen LogP contribution is -2.11. The summed E-state index contributed by atoms with van der Waals surface area (Å²) in [5.74, 6) is 0.656. The van der Waals surface area contributed by atoms with Gasteiger partial charge < -0.3 is 9.30 Å². The van der Waals surface area contributed by atoms with Gasteiger partial charge in [-0.05, 0) is 52.3 Å². The summed E-state index contributed by atoms with van der Waals surface area (Å²) in [4.78, 5) is 24.0. The van der Waals surface area contributed by atoms with E-state index in [4.69, 9.17) is 4.74 Å². The number of ketones is 2. The molecule has 2 aromatic rings. The number of hydrogen-bond donors (Lipinski definition) is 0. The van der Waals surface area contributed by atoms with Crippen molar-refractivity contribution in [3.8, 4) is 5.75 Å². The van der Waals surface area contributed by atoms with Gasteiger partial charge in [0.25, 0.3) is 0 Å². The highest BCUT2D eigenvalue weighted by Gasteiger charge is 2.25. The maximum atomic E-state index is 12.0. The average molecular weight is 313 g/mol. The van der Waals surface area contributed by atoms with E-state index in [0.29, 0.717) is 11.1 Å². The number of nitrogens with zero attached hydrogens (tertiary/aromatic N) is 1. The van der Waals surface area contributed by atoms with Gasteiger partial charge in [-0.3, -0.25) is 9.59 Å². The lowest BCUT2D eigenvalue weighted by molar-refractivity contribution is 0.0981. The van der Waals surface area contributed by atoms with Crippen LogP contribution in [0, 0.1) is 13.8 Å². The second-order valence-electron chi connectivity index (χ2n) is 5.85. The summed E-state index contributed by atoms with van der Waals surface area (Å²) >= 11 is 0. The zero-order chi connectivity index (χ0) is 17.3. The number of aromatic nitrogens is 1. The minimum atomic E-state index is -0.0727. The van der Waals surface area contributed by atoms with Gasteiger partial charge in [0.15, 0.2) is 11.6 Å². The van der Waals surface area contributed by atoms with Gasteiger partial charge in [0.1, 0.15) is 5.75 Å². The van der Waals surface area contributed by atoms with Crippen LogP contribution in [0.2, 0.25) is 0 Å². The van der Waals surface area contributed by atoms with E-state index in [9.17, 15) is 9.59 Å². The van der Waals surface area contributed by atoms with Crippen molar-refractivity contribution in [2.45, 2.75) is 40.7 Å². The average Bonchev–Trinajstić information content (AvgIpc) is 2.78. The monoisotopic (exact) mass is 313 g/mol. The predicted octanol–water partition coefficient (Wildman–Crippen LogP) is 4.13. The Labute approximate surface area is 137 Å². The number of rotatable bonds is 5. The van der Waals surface area contributed by atoms with E-state index in [2.05, 4.69) is 11.5 Å². The van der Waals surface area contributed by atoms with E-state index in [0.717, 1.165) is 22.7 Å². The Balaban J connectivity index is 2.60. The first-order valence-corrected chi connectivity index (χ1v) is 7.66. The van der Waals surface area contributed by atoms with Crippen molar-refractivity contribution in [3.63, 3.8) is 0 Å². The standard InChI is InChI=1S/C19H23NO3/c1-11(16-7-9-17(23-6)10-8-16)20-12(2)18(14(4)21)19(13(20)3)15(5)22/h7-11H,1-6H3. The lowest BCUT2D eigenvalue weighted by atomic mass is 10.0. The van der Waals surface area contributed by atoms with E-state index in [1.54, 1.807) is 7.11 Å². The summed E-state index contributed by atoms with van der Waals surface area (Å²) in [5.41, 5.74) is 3.84. The van der Waals surface area contributed by atoms with Crippen molar-refractivity contribution in [2.24, 2.45) is 0 Å². The summed E-state index contributed by atoms with van der Waals surface area (Å²) < 4.78 is 7.26. The number of methoxy groups -OCH3 is 1. The first kappa shape index (κ1) is 17.0. The first-order chi connectivity index (χ1) is 10.8. The first-order valence-electron chi connectivity index (χ1n) is 7.66. The van der Waals surface area contributed by atoms with E-state index in [1.807, 2.05) is 38.1 Å². The molecule has 1 unspecified atom stereocenters. The van der Waals surface area contributed by atoms with Gasteiger partial charge in [-0.15, -0.1) is 0 Å². The van der Waals surface area contributed by atoms with Crippen LogP contribution in [0.25, 0.3) is 0 Å². The van der Waals surface area contributed by atoms with Crippen LogP contribution in [0.5, 0.6) is 5.75 Å². The van der Waals surface area contributed by atoms with Crippen LogP contribution in [0.15, 0.2) is 24.3 Å². The van der Waals surface area contributed by atoms with Crippen LogP contribution < -0.4 is 4.74 Å². The van der Waals surface area contributed by atoms with Crippen LogP contribution >= 0.6 is 0 Å². The molecule has 2 rings (SSSR count). The van der Waals surface area contributed by atoms with Crippen LogP contribution in [0.3, 0.4) is 0 Å². The van der Waals surface area contributed by atoms with Crippen molar-refractivity contribution in [2.75, 3.05) is 7.11 Å². The summed E-state index contributed by atoms with van der Waals surface area (Å²) in [7, 11) is 1.64. The SMILES string of the molecule is COc1ccc(C(C)n2c(C)c(C(C)=O)c(C(C)=O)c2C)cc1. The number of ether oxygens (including phenoxy) is 1. The van der Waals surface area contributed by atoms with Gasteiger partial charge in [-0.2, -0.15) is 0 Å². The van der Waals surface area contributed by atoms with E-state index < -0.39 is 0 Å². The molecule has 0 amide bonds.